The molecule has 3 aromatic rings. The van der Waals surface area contributed by atoms with E-state index in [0.29, 0.717) is 0 Å². The summed E-state index contributed by atoms with van der Waals surface area (Å²) in [5.74, 6) is 0. The molecule has 104 valence electrons. The second kappa shape index (κ2) is 4.66. The van der Waals surface area contributed by atoms with Crippen molar-refractivity contribution in [3.8, 4) is 0 Å². The number of para-hydroxylation sites is 1. The average molecular weight is 265 g/mol. The topological polar surface area (TPSA) is 4.93 Å². The minimum absolute atomic E-state index is 0.240. The Morgan fingerprint density at radius 1 is 0.900 bits per heavy atom. The van der Waals surface area contributed by atoms with Crippen LogP contribution in [0, 0.1) is 0 Å². The fraction of sp³-hybridized carbons (Fsp3) is 0.368. The van der Waals surface area contributed by atoms with Crippen LogP contribution >= 0.6 is 0 Å². The van der Waals surface area contributed by atoms with E-state index in [9.17, 15) is 0 Å². The van der Waals surface area contributed by atoms with Crippen molar-refractivity contribution in [1.82, 2.24) is 4.57 Å². The maximum absolute atomic E-state index is 2.41. The second-order valence-corrected chi connectivity index (χ2v) is 6.23. The molecule has 2 aromatic carbocycles. The monoisotopic (exact) mass is 265 g/mol. The van der Waals surface area contributed by atoms with E-state index in [2.05, 4.69) is 74.7 Å². The number of nitrogens with zero attached hydrogens (tertiary/aromatic N) is 1. The maximum Gasteiger partial charge on any atom is 0.0491 e. The molecule has 0 unspecified atom stereocenters. The van der Waals surface area contributed by atoms with Gasteiger partial charge in [-0.15, -0.1) is 0 Å². The number of hydrogen-bond donors (Lipinski definition) is 0. The Bertz CT molecular complexity index is 762. The quantitative estimate of drug-likeness (QED) is 0.589. The first-order valence-electron chi connectivity index (χ1n) is 7.60. The van der Waals surface area contributed by atoms with Crippen LogP contribution in [0.15, 0.2) is 42.5 Å². The molecule has 1 nitrogen and oxygen atoms in total. The first kappa shape index (κ1) is 13.2. The van der Waals surface area contributed by atoms with Crippen molar-refractivity contribution in [2.24, 2.45) is 0 Å². The summed E-state index contributed by atoms with van der Waals surface area (Å²) in [6, 6.07) is 15.7. The molecule has 1 heteroatoms. The summed E-state index contributed by atoms with van der Waals surface area (Å²) < 4.78 is 2.41. The van der Waals surface area contributed by atoms with Crippen molar-refractivity contribution in [3.63, 3.8) is 0 Å². The van der Waals surface area contributed by atoms with Gasteiger partial charge in [0.25, 0.3) is 0 Å². The van der Waals surface area contributed by atoms with E-state index >= 15 is 0 Å². The number of hydrogen-bond acceptors (Lipinski definition) is 0. The van der Waals surface area contributed by atoms with Crippen molar-refractivity contribution in [2.75, 3.05) is 0 Å². The van der Waals surface area contributed by atoms with Gasteiger partial charge in [0.2, 0.25) is 0 Å². The van der Waals surface area contributed by atoms with Crippen LogP contribution in [0.25, 0.3) is 21.8 Å². The first-order valence-corrected chi connectivity index (χ1v) is 7.60. The highest BCUT2D eigenvalue weighted by atomic mass is 15.0. The number of aromatic nitrogens is 1. The largest absolute Gasteiger partial charge is 0.341 e. The van der Waals surface area contributed by atoms with Crippen LogP contribution in [0.3, 0.4) is 0 Å². The molecule has 0 atom stereocenters. The summed E-state index contributed by atoms with van der Waals surface area (Å²) in [5, 5.41) is 2.76. The van der Waals surface area contributed by atoms with Gasteiger partial charge in [-0.25, -0.2) is 0 Å². The van der Waals surface area contributed by atoms with E-state index in [0.717, 1.165) is 13.0 Å². The Balaban J connectivity index is 2.37. The van der Waals surface area contributed by atoms with Crippen molar-refractivity contribution in [1.29, 1.82) is 0 Å². The SMILES string of the molecule is CCn1c2ccccc2c2cc(C(C)(C)CC)ccc21. The Morgan fingerprint density at radius 3 is 2.30 bits per heavy atom. The zero-order chi connectivity index (χ0) is 14.3. The third-order valence-electron chi connectivity index (χ3n) is 4.75. The van der Waals surface area contributed by atoms with Crippen LogP contribution < -0.4 is 0 Å². The van der Waals surface area contributed by atoms with E-state index in [4.69, 9.17) is 0 Å². The van der Waals surface area contributed by atoms with Crippen LogP contribution in [0.1, 0.15) is 39.7 Å². The van der Waals surface area contributed by atoms with Gasteiger partial charge in [-0.1, -0.05) is 45.0 Å². The van der Waals surface area contributed by atoms with Gasteiger partial charge in [-0.05, 0) is 42.5 Å². The lowest BCUT2D eigenvalue weighted by Crippen LogP contribution is -2.15. The normalized spacial score (nSPS) is 12.4. The molecule has 0 spiro atoms. The lowest BCUT2D eigenvalue weighted by atomic mass is 9.82. The average Bonchev–Trinajstić information content (AvgIpc) is 2.80. The molecule has 3 rings (SSSR count). The predicted octanol–water partition coefficient (Wildman–Crippen LogP) is 5.50. The van der Waals surface area contributed by atoms with Crippen molar-refractivity contribution in [3.05, 3.63) is 48.0 Å². The van der Waals surface area contributed by atoms with Crippen LogP contribution in [0.5, 0.6) is 0 Å². The summed E-state index contributed by atoms with van der Waals surface area (Å²) in [7, 11) is 0. The lowest BCUT2D eigenvalue weighted by Gasteiger charge is -2.23. The molecule has 0 radical (unpaired) electrons. The van der Waals surface area contributed by atoms with E-state index in [-0.39, 0.29) is 5.41 Å². The lowest BCUT2D eigenvalue weighted by molar-refractivity contribution is 0.507. The number of rotatable bonds is 3. The molecule has 0 saturated heterocycles. The molecule has 0 aliphatic carbocycles. The van der Waals surface area contributed by atoms with Crippen molar-refractivity contribution >= 4 is 21.8 Å². The van der Waals surface area contributed by atoms with Crippen LogP contribution in [-0.2, 0) is 12.0 Å². The highest BCUT2D eigenvalue weighted by Crippen LogP contribution is 2.34. The van der Waals surface area contributed by atoms with Crippen LogP contribution in [0.2, 0.25) is 0 Å². The smallest absolute Gasteiger partial charge is 0.0491 e. The molecule has 0 N–H and O–H groups in total. The molecule has 0 aliphatic rings. The summed E-state index contributed by atoms with van der Waals surface area (Å²) in [5.41, 5.74) is 4.37. The summed E-state index contributed by atoms with van der Waals surface area (Å²) in [4.78, 5) is 0. The van der Waals surface area contributed by atoms with E-state index in [1.807, 2.05) is 0 Å². The molecule has 0 aliphatic heterocycles. The maximum atomic E-state index is 2.41. The van der Waals surface area contributed by atoms with Gasteiger partial charge in [-0.3, -0.25) is 0 Å². The predicted molar refractivity (Wildman–Crippen MR) is 88.4 cm³/mol. The highest BCUT2D eigenvalue weighted by molar-refractivity contribution is 6.08. The van der Waals surface area contributed by atoms with Crippen LogP contribution in [0.4, 0.5) is 0 Å². The number of benzene rings is 2. The number of fused-ring (bicyclic) bond motifs is 3. The van der Waals surface area contributed by atoms with Gasteiger partial charge in [0.05, 0.1) is 0 Å². The molecule has 0 bridgehead atoms. The highest BCUT2D eigenvalue weighted by Gasteiger charge is 2.19. The third kappa shape index (κ3) is 1.84. The molecule has 1 heterocycles. The van der Waals surface area contributed by atoms with Gasteiger partial charge in [-0.2, -0.15) is 0 Å². The molecule has 0 saturated carbocycles. The standard InChI is InChI=1S/C19H23N/c1-5-19(3,4)14-11-12-18-16(13-14)15-9-7-8-10-17(15)20(18)6-2/h7-13H,5-6H2,1-4H3. The molecule has 1 aromatic heterocycles. The fourth-order valence-corrected chi connectivity index (χ4v) is 3.02. The van der Waals surface area contributed by atoms with E-state index < -0.39 is 0 Å². The Morgan fingerprint density at radius 2 is 1.60 bits per heavy atom. The third-order valence-corrected chi connectivity index (χ3v) is 4.75. The van der Waals surface area contributed by atoms with Crippen LogP contribution in [-0.4, -0.2) is 4.57 Å². The molecule has 20 heavy (non-hydrogen) atoms. The van der Waals surface area contributed by atoms with Crippen molar-refractivity contribution < 1.29 is 0 Å². The molecular formula is C19H23N. The Hall–Kier alpha value is -1.76. The minimum atomic E-state index is 0.240. The second-order valence-electron chi connectivity index (χ2n) is 6.23. The summed E-state index contributed by atoms with van der Waals surface area (Å²) in [6.45, 7) is 10.1. The molecule has 0 fully saturated rings. The molecular weight excluding hydrogens is 242 g/mol. The Labute approximate surface area is 121 Å². The van der Waals surface area contributed by atoms with E-state index in [1.165, 1.54) is 27.4 Å². The van der Waals surface area contributed by atoms with Gasteiger partial charge < -0.3 is 4.57 Å². The van der Waals surface area contributed by atoms with Crippen molar-refractivity contribution in [2.45, 2.75) is 46.1 Å². The first-order chi connectivity index (χ1) is 9.58. The zero-order valence-corrected chi connectivity index (χ0v) is 12.9. The van der Waals surface area contributed by atoms with E-state index in [1.54, 1.807) is 0 Å². The van der Waals surface area contributed by atoms with Gasteiger partial charge in [0.1, 0.15) is 0 Å². The van der Waals surface area contributed by atoms with Gasteiger partial charge >= 0.3 is 0 Å². The van der Waals surface area contributed by atoms with Gasteiger partial charge in [0.15, 0.2) is 0 Å². The van der Waals surface area contributed by atoms with Gasteiger partial charge in [0, 0.05) is 28.4 Å². The minimum Gasteiger partial charge on any atom is -0.341 e. The summed E-state index contributed by atoms with van der Waals surface area (Å²) in [6.07, 6.45) is 1.16. The summed E-state index contributed by atoms with van der Waals surface area (Å²) >= 11 is 0. The Kier molecular flexibility index (Phi) is 3.08. The molecule has 0 amide bonds. The number of aryl methyl sites for hydroxylation is 1. The zero-order valence-electron chi connectivity index (χ0n) is 12.9. The fourth-order valence-electron chi connectivity index (χ4n) is 3.02.